The zero-order valence-electron chi connectivity index (χ0n) is 8.61. The molecule has 84 valence electrons. The maximum absolute atomic E-state index is 13.0. The molecule has 2 aromatic rings. The van der Waals surface area contributed by atoms with Crippen molar-refractivity contribution in [2.75, 3.05) is 0 Å². The number of aromatic nitrogens is 2. The standard InChI is InChI=1S/C11H10ClFN2O/c1-7-8(6-16)5-14-15(7)9-2-3-11(13)10(12)4-9/h2-5,16H,6H2,1H3. The van der Waals surface area contributed by atoms with Crippen LogP contribution in [-0.2, 0) is 6.61 Å². The molecule has 0 saturated carbocycles. The Hall–Kier alpha value is -1.39. The molecular weight excluding hydrogens is 231 g/mol. The Kier molecular flexibility index (Phi) is 2.94. The van der Waals surface area contributed by atoms with Crippen molar-refractivity contribution < 1.29 is 9.50 Å². The van der Waals surface area contributed by atoms with Gasteiger partial charge in [0.2, 0.25) is 0 Å². The van der Waals surface area contributed by atoms with E-state index < -0.39 is 5.82 Å². The first-order chi connectivity index (χ1) is 7.63. The van der Waals surface area contributed by atoms with Crippen molar-refractivity contribution in [2.45, 2.75) is 13.5 Å². The van der Waals surface area contributed by atoms with Gasteiger partial charge in [-0.1, -0.05) is 11.6 Å². The third-order valence-corrected chi connectivity index (χ3v) is 2.72. The Morgan fingerprint density at radius 2 is 2.25 bits per heavy atom. The van der Waals surface area contributed by atoms with Crippen molar-refractivity contribution in [3.8, 4) is 5.69 Å². The van der Waals surface area contributed by atoms with Crippen LogP contribution in [0.15, 0.2) is 24.4 Å². The van der Waals surface area contributed by atoms with Crippen molar-refractivity contribution in [3.63, 3.8) is 0 Å². The molecule has 0 aliphatic rings. The Morgan fingerprint density at radius 3 is 2.81 bits per heavy atom. The fourth-order valence-electron chi connectivity index (χ4n) is 1.48. The summed E-state index contributed by atoms with van der Waals surface area (Å²) in [6, 6.07) is 4.37. The minimum absolute atomic E-state index is 0.0537. The highest BCUT2D eigenvalue weighted by Gasteiger charge is 2.08. The number of hydrogen-bond acceptors (Lipinski definition) is 2. The summed E-state index contributed by atoms with van der Waals surface area (Å²) in [6.07, 6.45) is 1.58. The fourth-order valence-corrected chi connectivity index (χ4v) is 1.65. The number of benzene rings is 1. The van der Waals surface area contributed by atoms with Crippen LogP contribution in [0.2, 0.25) is 5.02 Å². The molecule has 1 heterocycles. The predicted molar refractivity (Wildman–Crippen MR) is 59.2 cm³/mol. The summed E-state index contributed by atoms with van der Waals surface area (Å²) < 4.78 is 14.6. The second kappa shape index (κ2) is 4.23. The van der Waals surface area contributed by atoms with E-state index in [0.717, 1.165) is 11.3 Å². The SMILES string of the molecule is Cc1c(CO)cnn1-c1ccc(F)c(Cl)c1. The van der Waals surface area contributed by atoms with Crippen LogP contribution >= 0.6 is 11.6 Å². The molecule has 2 rings (SSSR count). The molecule has 3 nitrogen and oxygen atoms in total. The van der Waals surface area contributed by atoms with Gasteiger partial charge in [0.25, 0.3) is 0 Å². The molecule has 0 saturated heterocycles. The summed E-state index contributed by atoms with van der Waals surface area (Å²) in [6.45, 7) is 1.76. The lowest BCUT2D eigenvalue weighted by Gasteiger charge is -2.05. The molecule has 1 aromatic heterocycles. The lowest BCUT2D eigenvalue weighted by Crippen LogP contribution is -2.00. The molecule has 0 bridgehead atoms. The third-order valence-electron chi connectivity index (χ3n) is 2.43. The maximum Gasteiger partial charge on any atom is 0.141 e. The molecule has 5 heteroatoms. The molecule has 0 aliphatic heterocycles. The van der Waals surface area contributed by atoms with Crippen LogP contribution in [0.3, 0.4) is 0 Å². The van der Waals surface area contributed by atoms with E-state index in [1.165, 1.54) is 12.1 Å². The first kappa shape index (κ1) is 11.1. The highest BCUT2D eigenvalue weighted by molar-refractivity contribution is 6.30. The van der Waals surface area contributed by atoms with Crippen LogP contribution in [-0.4, -0.2) is 14.9 Å². The van der Waals surface area contributed by atoms with Gasteiger partial charge < -0.3 is 5.11 Å². The lowest BCUT2D eigenvalue weighted by molar-refractivity contribution is 0.281. The van der Waals surface area contributed by atoms with Gasteiger partial charge in [-0.15, -0.1) is 0 Å². The van der Waals surface area contributed by atoms with E-state index in [2.05, 4.69) is 5.10 Å². The van der Waals surface area contributed by atoms with Crippen molar-refractivity contribution >= 4 is 11.6 Å². The van der Waals surface area contributed by atoms with Crippen LogP contribution in [0.4, 0.5) is 4.39 Å². The molecule has 0 spiro atoms. The van der Waals surface area contributed by atoms with Crippen LogP contribution in [0, 0.1) is 12.7 Å². The van der Waals surface area contributed by atoms with Crippen LogP contribution in [0.1, 0.15) is 11.3 Å². The second-order valence-electron chi connectivity index (χ2n) is 3.42. The normalized spacial score (nSPS) is 10.8. The van der Waals surface area contributed by atoms with Gasteiger partial charge in [-0.3, -0.25) is 0 Å². The Labute approximate surface area is 97.1 Å². The predicted octanol–water partition coefficient (Wildman–Crippen LogP) is 2.47. The zero-order chi connectivity index (χ0) is 11.7. The highest BCUT2D eigenvalue weighted by atomic mass is 35.5. The van der Waals surface area contributed by atoms with Gasteiger partial charge in [-0.05, 0) is 25.1 Å². The van der Waals surface area contributed by atoms with Gasteiger partial charge in [0.15, 0.2) is 0 Å². The minimum Gasteiger partial charge on any atom is -0.392 e. The van der Waals surface area contributed by atoms with Gasteiger partial charge in [-0.2, -0.15) is 5.10 Å². The number of aliphatic hydroxyl groups excluding tert-OH is 1. The highest BCUT2D eigenvalue weighted by Crippen LogP contribution is 2.20. The fraction of sp³-hybridized carbons (Fsp3) is 0.182. The summed E-state index contributed by atoms with van der Waals surface area (Å²) in [4.78, 5) is 0. The topological polar surface area (TPSA) is 38.1 Å². The molecule has 0 aliphatic carbocycles. The minimum atomic E-state index is -0.461. The van der Waals surface area contributed by atoms with E-state index in [1.54, 1.807) is 16.9 Å². The van der Waals surface area contributed by atoms with Gasteiger partial charge in [-0.25, -0.2) is 9.07 Å². The summed E-state index contributed by atoms with van der Waals surface area (Å²) >= 11 is 5.69. The summed E-state index contributed by atoms with van der Waals surface area (Å²) in [5.41, 5.74) is 2.22. The Morgan fingerprint density at radius 1 is 1.50 bits per heavy atom. The number of rotatable bonds is 2. The van der Waals surface area contributed by atoms with Crippen molar-refractivity contribution in [2.24, 2.45) is 0 Å². The number of halogens is 2. The first-order valence-electron chi connectivity index (χ1n) is 4.73. The van der Waals surface area contributed by atoms with E-state index in [4.69, 9.17) is 16.7 Å². The number of aliphatic hydroxyl groups is 1. The van der Waals surface area contributed by atoms with Gasteiger partial charge in [0.1, 0.15) is 5.82 Å². The van der Waals surface area contributed by atoms with Crippen molar-refractivity contribution in [1.29, 1.82) is 0 Å². The Balaban J connectivity index is 2.50. The third kappa shape index (κ3) is 1.81. The Bertz CT molecular complexity index is 525. The summed E-state index contributed by atoms with van der Waals surface area (Å²) in [5.74, 6) is -0.461. The number of hydrogen-bond donors (Lipinski definition) is 1. The summed E-state index contributed by atoms with van der Waals surface area (Å²) in [5, 5.41) is 13.2. The molecule has 1 aromatic carbocycles. The van der Waals surface area contributed by atoms with E-state index in [9.17, 15) is 4.39 Å². The molecule has 0 unspecified atom stereocenters. The quantitative estimate of drug-likeness (QED) is 0.876. The van der Waals surface area contributed by atoms with Crippen molar-refractivity contribution in [3.05, 3.63) is 46.5 Å². The van der Waals surface area contributed by atoms with Gasteiger partial charge in [0, 0.05) is 11.3 Å². The maximum atomic E-state index is 13.0. The lowest BCUT2D eigenvalue weighted by atomic mass is 10.2. The number of nitrogens with zero attached hydrogens (tertiary/aromatic N) is 2. The molecular formula is C11H10ClFN2O. The monoisotopic (exact) mass is 240 g/mol. The van der Waals surface area contributed by atoms with E-state index in [-0.39, 0.29) is 11.6 Å². The van der Waals surface area contributed by atoms with Gasteiger partial charge >= 0.3 is 0 Å². The zero-order valence-corrected chi connectivity index (χ0v) is 9.37. The molecule has 0 radical (unpaired) electrons. The average Bonchev–Trinajstić information content (AvgIpc) is 2.64. The van der Waals surface area contributed by atoms with E-state index in [0.29, 0.717) is 5.69 Å². The molecule has 0 atom stereocenters. The molecule has 0 amide bonds. The van der Waals surface area contributed by atoms with Crippen LogP contribution in [0.25, 0.3) is 5.69 Å². The van der Waals surface area contributed by atoms with Crippen LogP contribution in [0.5, 0.6) is 0 Å². The molecule has 16 heavy (non-hydrogen) atoms. The first-order valence-corrected chi connectivity index (χ1v) is 5.11. The van der Waals surface area contributed by atoms with E-state index in [1.807, 2.05) is 6.92 Å². The van der Waals surface area contributed by atoms with Crippen molar-refractivity contribution in [1.82, 2.24) is 9.78 Å². The second-order valence-corrected chi connectivity index (χ2v) is 3.83. The molecule has 0 fully saturated rings. The van der Waals surface area contributed by atoms with Crippen LogP contribution < -0.4 is 0 Å². The van der Waals surface area contributed by atoms with Gasteiger partial charge in [0.05, 0.1) is 23.5 Å². The average molecular weight is 241 g/mol. The summed E-state index contributed by atoms with van der Waals surface area (Å²) in [7, 11) is 0. The smallest absolute Gasteiger partial charge is 0.141 e. The van der Waals surface area contributed by atoms with E-state index >= 15 is 0 Å². The molecule has 1 N–H and O–H groups in total. The largest absolute Gasteiger partial charge is 0.392 e.